The number of amides is 1. The Labute approximate surface area is 257 Å². The molecule has 9 nitrogen and oxygen atoms in total. The van der Waals surface area contributed by atoms with E-state index in [1.165, 1.54) is 18.4 Å². The second kappa shape index (κ2) is 17.6. The van der Waals surface area contributed by atoms with Gasteiger partial charge in [-0.2, -0.15) is 0 Å². The van der Waals surface area contributed by atoms with Crippen molar-refractivity contribution in [3.63, 3.8) is 0 Å². The number of carbonyl (C=O) groups is 1. The van der Waals surface area contributed by atoms with Gasteiger partial charge < -0.3 is 40.4 Å². The molecule has 2 aliphatic rings. The Morgan fingerprint density at radius 2 is 1.65 bits per heavy atom. The fourth-order valence-electron chi connectivity index (χ4n) is 4.30. The molecule has 2 aromatic carbocycles. The van der Waals surface area contributed by atoms with Gasteiger partial charge in [0.2, 0.25) is 5.91 Å². The zero-order valence-electron chi connectivity index (χ0n) is 26.7. The molecular formula is C34H53N3O6. The number of hydrogen-bond donors (Lipinski definition) is 5. The quantitative estimate of drug-likeness (QED) is 0.183. The number of aliphatic hydroxyl groups is 2. The Balaban J connectivity index is 0.000000236. The highest BCUT2D eigenvalue weighted by Crippen LogP contribution is 2.31. The summed E-state index contributed by atoms with van der Waals surface area (Å²) in [4.78, 5) is 11.4. The topological polar surface area (TPSA) is 121 Å². The summed E-state index contributed by atoms with van der Waals surface area (Å²) in [6, 6.07) is 14.0. The first kappa shape index (κ1) is 34.8. The van der Waals surface area contributed by atoms with E-state index in [2.05, 4.69) is 62.7 Å². The number of carbonyl (C=O) groups excluding carboxylic acids is 1. The van der Waals surface area contributed by atoms with Gasteiger partial charge in [0, 0.05) is 48.9 Å². The van der Waals surface area contributed by atoms with Crippen LogP contribution >= 0.6 is 0 Å². The molecule has 1 heterocycles. The lowest BCUT2D eigenvalue weighted by atomic mass is 10.0. The van der Waals surface area contributed by atoms with Gasteiger partial charge in [-0.15, -0.1) is 0 Å². The van der Waals surface area contributed by atoms with E-state index in [-0.39, 0.29) is 18.1 Å². The van der Waals surface area contributed by atoms with Crippen LogP contribution in [0.1, 0.15) is 65.0 Å². The van der Waals surface area contributed by atoms with Gasteiger partial charge in [-0.25, -0.2) is 0 Å². The molecule has 0 aromatic heterocycles. The molecule has 1 saturated carbocycles. The van der Waals surface area contributed by atoms with Gasteiger partial charge in [-0.3, -0.25) is 4.79 Å². The van der Waals surface area contributed by atoms with Crippen molar-refractivity contribution in [3.05, 3.63) is 53.6 Å². The first-order chi connectivity index (χ1) is 20.5. The highest BCUT2D eigenvalue weighted by molar-refractivity contribution is 5.94. The van der Waals surface area contributed by atoms with E-state index >= 15 is 0 Å². The van der Waals surface area contributed by atoms with Crippen molar-refractivity contribution >= 4 is 11.6 Å². The van der Waals surface area contributed by atoms with Crippen molar-refractivity contribution in [2.75, 3.05) is 44.8 Å². The Morgan fingerprint density at radius 3 is 2.33 bits per heavy atom. The number of fused-ring (bicyclic) bond motifs is 1. The van der Waals surface area contributed by atoms with Gasteiger partial charge in [0.15, 0.2) is 0 Å². The third kappa shape index (κ3) is 14.6. The van der Waals surface area contributed by atoms with Crippen molar-refractivity contribution < 1.29 is 29.2 Å². The van der Waals surface area contributed by atoms with Crippen LogP contribution in [0.15, 0.2) is 42.5 Å². The number of benzene rings is 2. The van der Waals surface area contributed by atoms with Crippen LogP contribution in [0.4, 0.5) is 5.69 Å². The average molecular weight is 600 g/mol. The Morgan fingerprint density at radius 1 is 0.953 bits per heavy atom. The van der Waals surface area contributed by atoms with Crippen LogP contribution in [-0.4, -0.2) is 79.4 Å². The fraction of sp³-hybridized carbons (Fsp3) is 0.618. The molecule has 9 heteroatoms. The molecule has 240 valence electrons. The zero-order valence-corrected chi connectivity index (χ0v) is 26.7. The van der Waals surface area contributed by atoms with Crippen LogP contribution in [0.2, 0.25) is 0 Å². The lowest BCUT2D eigenvalue weighted by Gasteiger charge is -2.24. The highest BCUT2D eigenvalue weighted by Gasteiger charge is 2.21. The van der Waals surface area contributed by atoms with E-state index < -0.39 is 12.2 Å². The molecule has 0 radical (unpaired) electrons. The van der Waals surface area contributed by atoms with E-state index in [0.717, 1.165) is 48.3 Å². The second-order valence-electron chi connectivity index (χ2n) is 12.9. The standard InChI is InChI=1S/C18H29NO3.C16H24N2O3/c1-14(2)19-11-17(20)13-22-18-7-5-15(6-8-18)9-10-21-12-16-3-4-16;1-16(2,3)17-9-11(19)10-21-14-6-4-5-13-12(14)7-8-15(20)18-13/h5-8,14,16-17,19-20H,3-4,9-13H2,1-2H3;4-6,11,17,19H,7-10H2,1-3H3,(H,18,20). The van der Waals surface area contributed by atoms with Gasteiger partial charge >= 0.3 is 0 Å². The van der Waals surface area contributed by atoms with Crippen LogP contribution < -0.4 is 25.4 Å². The van der Waals surface area contributed by atoms with Gasteiger partial charge in [-0.1, -0.05) is 32.0 Å². The van der Waals surface area contributed by atoms with Gasteiger partial charge in [0.05, 0.1) is 6.61 Å². The molecule has 1 fully saturated rings. The normalized spacial score (nSPS) is 16.0. The maximum Gasteiger partial charge on any atom is 0.224 e. The number of hydrogen-bond acceptors (Lipinski definition) is 8. The first-order valence-electron chi connectivity index (χ1n) is 15.7. The lowest BCUT2D eigenvalue weighted by Crippen LogP contribution is -2.42. The summed E-state index contributed by atoms with van der Waals surface area (Å²) in [7, 11) is 0. The summed E-state index contributed by atoms with van der Waals surface area (Å²) in [6.45, 7) is 13.5. The van der Waals surface area contributed by atoms with Crippen LogP contribution in [-0.2, 0) is 22.4 Å². The summed E-state index contributed by atoms with van der Waals surface area (Å²) < 4.78 is 17.0. The zero-order chi connectivity index (χ0) is 31.2. The third-order valence-corrected chi connectivity index (χ3v) is 7.02. The third-order valence-electron chi connectivity index (χ3n) is 7.02. The van der Waals surface area contributed by atoms with E-state index in [0.29, 0.717) is 38.6 Å². The number of β-amino-alcohol motifs (C(OH)–C–C–N with tert-alkyl or cyclic N) is 1. The minimum atomic E-state index is -0.571. The van der Waals surface area contributed by atoms with Gasteiger partial charge in [0.25, 0.3) is 0 Å². The molecule has 1 amide bonds. The minimum absolute atomic E-state index is 0.0306. The van der Waals surface area contributed by atoms with Crippen molar-refractivity contribution in [1.29, 1.82) is 0 Å². The average Bonchev–Trinajstić information content (AvgIpc) is 3.80. The van der Waals surface area contributed by atoms with Crippen LogP contribution in [0, 0.1) is 5.92 Å². The molecule has 5 N–H and O–H groups in total. The Hall–Kier alpha value is -2.69. The number of rotatable bonds is 16. The molecule has 43 heavy (non-hydrogen) atoms. The number of nitrogens with one attached hydrogen (secondary N) is 3. The molecule has 4 rings (SSSR count). The summed E-state index contributed by atoms with van der Waals surface area (Å²) in [5, 5.41) is 29.0. The monoisotopic (exact) mass is 599 g/mol. The van der Waals surface area contributed by atoms with Gasteiger partial charge in [0.1, 0.15) is 36.9 Å². The number of ether oxygens (including phenoxy) is 3. The van der Waals surface area contributed by atoms with Crippen molar-refractivity contribution in [2.45, 2.75) is 90.5 Å². The minimum Gasteiger partial charge on any atom is -0.491 e. The predicted molar refractivity (Wildman–Crippen MR) is 171 cm³/mol. The maximum atomic E-state index is 11.4. The highest BCUT2D eigenvalue weighted by atomic mass is 16.5. The second-order valence-corrected chi connectivity index (χ2v) is 12.9. The molecular weight excluding hydrogens is 546 g/mol. The molecule has 1 aliphatic heterocycles. The summed E-state index contributed by atoms with van der Waals surface area (Å²) in [5.74, 6) is 2.40. The Bertz CT molecular complexity index is 1100. The lowest BCUT2D eigenvalue weighted by molar-refractivity contribution is -0.116. The SMILES string of the molecule is CC(C)(C)NCC(O)COc1cccc2c1CCC(=O)N2.CC(C)NCC(O)COc1ccc(CCOCC2CC2)cc1. The van der Waals surface area contributed by atoms with Crippen molar-refractivity contribution in [1.82, 2.24) is 10.6 Å². The van der Waals surface area contributed by atoms with E-state index in [9.17, 15) is 15.0 Å². The molecule has 0 saturated heterocycles. The first-order valence-corrected chi connectivity index (χ1v) is 15.7. The van der Waals surface area contributed by atoms with Crippen LogP contribution in [0.25, 0.3) is 0 Å². The fourth-order valence-corrected chi connectivity index (χ4v) is 4.30. The summed E-state index contributed by atoms with van der Waals surface area (Å²) in [5.41, 5.74) is 3.04. The molecule has 0 spiro atoms. The van der Waals surface area contributed by atoms with Crippen LogP contribution in [0.5, 0.6) is 11.5 Å². The maximum absolute atomic E-state index is 11.4. The molecule has 2 atom stereocenters. The molecule has 2 aromatic rings. The molecule has 1 aliphatic carbocycles. The Kier molecular flexibility index (Phi) is 14.2. The smallest absolute Gasteiger partial charge is 0.224 e. The largest absolute Gasteiger partial charge is 0.491 e. The van der Waals surface area contributed by atoms with Crippen molar-refractivity contribution in [2.24, 2.45) is 5.92 Å². The predicted octanol–water partition coefficient (Wildman–Crippen LogP) is 4.09. The van der Waals surface area contributed by atoms with E-state index in [1.807, 2.05) is 30.3 Å². The van der Waals surface area contributed by atoms with Crippen molar-refractivity contribution in [3.8, 4) is 11.5 Å². The number of aliphatic hydroxyl groups excluding tert-OH is 2. The van der Waals surface area contributed by atoms with E-state index in [1.54, 1.807) is 0 Å². The molecule has 0 bridgehead atoms. The molecule has 2 unspecified atom stereocenters. The number of anilines is 1. The summed E-state index contributed by atoms with van der Waals surface area (Å²) in [6.07, 6.45) is 3.70. The van der Waals surface area contributed by atoms with Crippen LogP contribution in [0.3, 0.4) is 0 Å². The van der Waals surface area contributed by atoms with E-state index in [4.69, 9.17) is 14.2 Å². The van der Waals surface area contributed by atoms with Gasteiger partial charge in [-0.05, 0) is 82.2 Å². The summed E-state index contributed by atoms with van der Waals surface area (Å²) >= 11 is 0.